The highest BCUT2D eigenvalue weighted by Gasteiger charge is 2.04. The molecular weight excluding hydrogens is 251 g/mol. The maximum absolute atomic E-state index is 10.2. The van der Waals surface area contributed by atoms with Crippen molar-refractivity contribution in [2.24, 2.45) is 16.7 Å². The molecule has 0 fully saturated rings. The smallest absolute Gasteiger partial charge is 0.244 e. The quantitative estimate of drug-likeness (QED) is 0.213. The molecule has 86 valence electrons. The first-order valence-electron chi connectivity index (χ1n) is 4.29. The molecule has 0 radical (unpaired) electrons. The summed E-state index contributed by atoms with van der Waals surface area (Å²) in [6.45, 7) is 0. The van der Waals surface area contributed by atoms with Crippen LogP contribution in [0.4, 0.5) is 0 Å². The number of hydrogen-bond donors (Lipinski definition) is 2. The number of hydrazone groups is 1. The van der Waals surface area contributed by atoms with E-state index in [1.807, 2.05) is 0 Å². The highest BCUT2D eigenvalue weighted by molar-refractivity contribution is 6.35. The summed E-state index contributed by atoms with van der Waals surface area (Å²) in [6.07, 6.45) is 0.633. The highest BCUT2D eigenvalue weighted by Crippen LogP contribution is 2.21. The molecule has 0 aliphatic carbocycles. The second kappa shape index (κ2) is 5.69. The number of hydrogen-bond acceptors (Lipinski definition) is 3. The van der Waals surface area contributed by atoms with Gasteiger partial charge in [0.05, 0.1) is 0 Å². The van der Waals surface area contributed by atoms with Gasteiger partial charge >= 0.3 is 0 Å². The molecule has 0 aromatic heterocycles. The molecule has 0 heterocycles. The minimum absolute atomic E-state index is 0.179. The van der Waals surface area contributed by atoms with Gasteiger partial charge < -0.3 is 5.73 Å². The van der Waals surface area contributed by atoms with Crippen LogP contribution in [0.1, 0.15) is 5.56 Å². The predicted molar refractivity (Wildman–Crippen MR) is 63.9 cm³/mol. The third kappa shape index (κ3) is 3.69. The lowest BCUT2D eigenvalue weighted by Gasteiger charge is -2.06. The topological polar surface area (TPSA) is 84.7 Å². The number of halogens is 2. The van der Waals surface area contributed by atoms with Crippen LogP contribution in [0.5, 0.6) is 0 Å². The van der Waals surface area contributed by atoms with Crippen LogP contribution in [0.25, 0.3) is 0 Å². The number of rotatable bonds is 4. The minimum Gasteiger partial charge on any atom is -0.385 e. The van der Waals surface area contributed by atoms with Crippen molar-refractivity contribution < 1.29 is 4.79 Å². The standard InChI is InChI=1S/C9H10Cl2N4O/c10-7-2-1-6(8(11)4-7)3-9(12)14-15(13)5-16/h1-2,4-5H,3,13H2,(H2,12,14). The summed E-state index contributed by atoms with van der Waals surface area (Å²) in [5, 5.41) is 5.22. The first-order chi connectivity index (χ1) is 7.52. The van der Waals surface area contributed by atoms with Crippen molar-refractivity contribution in [3.8, 4) is 0 Å². The van der Waals surface area contributed by atoms with Gasteiger partial charge in [-0.1, -0.05) is 29.3 Å². The Morgan fingerprint density at radius 1 is 1.50 bits per heavy atom. The van der Waals surface area contributed by atoms with Gasteiger partial charge in [-0.25, -0.2) is 5.84 Å². The van der Waals surface area contributed by atoms with Gasteiger partial charge in [0.25, 0.3) is 0 Å². The average molecular weight is 261 g/mol. The second-order valence-electron chi connectivity index (χ2n) is 2.99. The summed E-state index contributed by atoms with van der Waals surface area (Å²) in [7, 11) is 0. The number of carbonyl (C=O) groups excluding carboxylic acids is 1. The molecule has 0 atom stereocenters. The zero-order valence-electron chi connectivity index (χ0n) is 8.23. The van der Waals surface area contributed by atoms with Crippen molar-refractivity contribution in [2.75, 3.05) is 0 Å². The Kier molecular flexibility index (Phi) is 4.54. The molecule has 1 aromatic rings. The van der Waals surface area contributed by atoms with E-state index in [1.54, 1.807) is 18.2 Å². The van der Waals surface area contributed by atoms with Gasteiger partial charge in [-0.05, 0) is 17.7 Å². The van der Waals surface area contributed by atoms with E-state index in [4.69, 9.17) is 34.8 Å². The van der Waals surface area contributed by atoms with Gasteiger partial charge in [-0.3, -0.25) is 4.79 Å². The fourth-order valence-corrected chi connectivity index (χ4v) is 1.54. The van der Waals surface area contributed by atoms with Crippen LogP contribution < -0.4 is 11.6 Å². The summed E-state index contributed by atoms with van der Waals surface area (Å²) in [4.78, 5) is 10.2. The lowest BCUT2D eigenvalue weighted by Crippen LogP contribution is -2.28. The number of amidine groups is 1. The minimum atomic E-state index is 0.179. The van der Waals surface area contributed by atoms with E-state index in [-0.39, 0.29) is 12.3 Å². The molecule has 16 heavy (non-hydrogen) atoms. The van der Waals surface area contributed by atoms with Crippen LogP contribution in [0.15, 0.2) is 23.3 Å². The Bertz CT molecular complexity index is 422. The van der Waals surface area contributed by atoms with E-state index >= 15 is 0 Å². The zero-order valence-corrected chi connectivity index (χ0v) is 9.74. The van der Waals surface area contributed by atoms with Crippen molar-refractivity contribution in [1.29, 1.82) is 0 Å². The lowest BCUT2D eigenvalue weighted by atomic mass is 10.1. The predicted octanol–water partition coefficient (Wildman–Crippen LogP) is 1.14. The van der Waals surface area contributed by atoms with Gasteiger partial charge in [0.1, 0.15) is 5.84 Å². The Balaban J connectivity index is 2.80. The molecule has 5 nitrogen and oxygen atoms in total. The summed E-state index contributed by atoms with van der Waals surface area (Å²) in [5.41, 5.74) is 6.32. The molecule has 0 unspecified atom stereocenters. The average Bonchev–Trinajstić information content (AvgIpc) is 2.22. The number of amides is 1. The van der Waals surface area contributed by atoms with Crippen LogP contribution in [0.2, 0.25) is 10.0 Å². The third-order valence-electron chi connectivity index (χ3n) is 1.74. The van der Waals surface area contributed by atoms with Gasteiger partial charge in [0.2, 0.25) is 6.41 Å². The largest absolute Gasteiger partial charge is 0.385 e. The third-order valence-corrected chi connectivity index (χ3v) is 2.33. The zero-order chi connectivity index (χ0) is 12.1. The lowest BCUT2D eigenvalue weighted by molar-refractivity contribution is -0.118. The molecule has 0 saturated heterocycles. The van der Waals surface area contributed by atoms with Crippen molar-refractivity contribution in [3.05, 3.63) is 33.8 Å². The molecule has 0 aliphatic heterocycles. The Morgan fingerprint density at radius 2 is 2.19 bits per heavy atom. The summed E-state index contributed by atoms with van der Waals surface area (Å²) >= 11 is 11.7. The number of nitrogens with zero attached hydrogens (tertiary/aromatic N) is 2. The van der Waals surface area contributed by atoms with Crippen molar-refractivity contribution in [1.82, 2.24) is 5.12 Å². The molecular formula is C9H10Cl2N4O. The Hall–Kier alpha value is -1.30. The number of carbonyl (C=O) groups is 1. The molecule has 0 spiro atoms. The van der Waals surface area contributed by atoms with Crippen molar-refractivity contribution in [3.63, 3.8) is 0 Å². The molecule has 7 heteroatoms. The van der Waals surface area contributed by atoms with E-state index in [2.05, 4.69) is 5.10 Å². The summed E-state index contributed by atoms with van der Waals surface area (Å²) in [6, 6.07) is 5.02. The van der Waals surface area contributed by atoms with E-state index < -0.39 is 0 Å². The molecule has 0 aliphatic rings. The number of nitrogens with two attached hydrogens (primary N) is 2. The van der Waals surface area contributed by atoms with Gasteiger partial charge in [0, 0.05) is 16.5 Å². The first-order valence-corrected chi connectivity index (χ1v) is 5.04. The van der Waals surface area contributed by atoms with Crippen LogP contribution in [-0.2, 0) is 11.2 Å². The van der Waals surface area contributed by atoms with E-state index in [9.17, 15) is 4.79 Å². The summed E-state index contributed by atoms with van der Waals surface area (Å²) in [5.74, 6) is 5.31. The van der Waals surface area contributed by atoms with E-state index in [0.29, 0.717) is 21.6 Å². The van der Waals surface area contributed by atoms with Gasteiger partial charge in [-0.2, -0.15) is 5.12 Å². The van der Waals surface area contributed by atoms with Crippen LogP contribution in [0, 0.1) is 0 Å². The van der Waals surface area contributed by atoms with Gasteiger partial charge in [-0.15, -0.1) is 5.10 Å². The monoisotopic (exact) mass is 260 g/mol. The molecule has 1 amide bonds. The second-order valence-corrected chi connectivity index (χ2v) is 3.83. The molecule has 4 N–H and O–H groups in total. The molecule has 1 aromatic carbocycles. The Morgan fingerprint density at radius 3 is 2.75 bits per heavy atom. The van der Waals surface area contributed by atoms with E-state index in [1.165, 1.54) is 0 Å². The van der Waals surface area contributed by atoms with Gasteiger partial charge in [0.15, 0.2) is 0 Å². The normalized spacial score (nSPS) is 11.3. The van der Waals surface area contributed by atoms with E-state index in [0.717, 1.165) is 5.56 Å². The number of hydrazine groups is 1. The van der Waals surface area contributed by atoms with Crippen LogP contribution in [-0.4, -0.2) is 17.4 Å². The van der Waals surface area contributed by atoms with Crippen LogP contribution in [0.3, 0.4) is 0 Å². The first kappa shape index (κ1) is 12.8. The molecule has 1 rings (SSSR count). The maximum atomic E-state index is 10.2. The number of benzene rings is 1. The molecule has 0 bridgehead atoms. The van der Waals surface area contributed by atoms with Crippen LogP contribution >= 0.6 is 23.2 Å². The SMILES string of the molecule is N/C(Cc1ccc(Cl)cc1Cl)=N\N(N)C=O. The maximum Gasteiger partial charge on any atom is 0.244 e. The highest BCUT2D eigenvalue weighted by atomic mass is 35.5. The fraction of sp³-hybridized carbons (Fsp3) is 0.111. The van der Waals surface area contributed by atoms with Crippen molar-refractivity contribution in [2.45, 2.75) is 6.42 Å². The van der Waals surface area contributed by atoms with Crippen molar-refractivity contribution >= 4 is 35.4 Å². The Labute approximate surface area is 103 Å². The molecule has 0 saturated carbocycles. The fourth-order valence-electron chi connectivity index (χ4n) is 1.07. The summed E-state index contributed by atoms with van der Waals surface area (Å²) < 4.78 is 0.